The van der Waals surface area contributed by atoms with Crippen LogP contribution in [0.25, 0.3) is 10.9 Å². The minimum absolute atomic E-state index is 0.0659. The van der Waals surface area contributed by atoms with Crippen LogP contribution in [0.1, 0.15) is 51.8 Å². The second kappa shape index (κ2) is 9.54. The van der Waals surface area contributed by atoms with E-state index in [0.717, 1.165) is 42.1 Å². The number of carbonyl (C=O) groups is 1. The summed E-state index contributed by atoms with van der Waals surface area (Å²) in [6, 6.07) is 14.5. The standard InChI is InChI=1S/C28H29N5O3/c1-17-11-22(18(2)30-24-9-5-4-8-21(24)28(35)36)25-23(12-17)27(34)32(3)26(31-25)20-15-33(16-20)14-19-7-6-10-29-13-19/h4-13,18,20,30H,14-16H2,1-3H3,(H,35,36)/t18-/m1/s1. The highest BCUT2D eigenvalue weighted by atomic mass is 16.4. The molecule has 0 amide bonds. The monoisotopic (exact) mass is 483 g/mol. The highest BCUT2D eigenvalue weighted by Gasteiger charge is 2.32. The van der Waals surface area contributed by atoms with Crippen LogP contribution in [0.4, 0.5) is 5.69 Å². The van der Waals surface area contributed by atoms with E-state index in [9.17, 15) is 14.7 Å². The quantitative estimate of drug-likeness (QED) is 0.408. The van der Waals surface area contributed by atoms with Gasteiger partial charge in [-0.1, -0.05) is 24.3 Å². The largest absolute Gasteiger partial charge is 0.478 e. The van der Waals surface area contributed by atoms with Crippen molar-refractivity contribution in [1.29, 1.82) is 0 Å². The molecular weight excluding hydrogens is 454 g/mol. The van der Waals surface area contributed by atoms with Gasteiger partial charge in [-0.3, -0.25) is 19.2 Å². The number of fused-ring (bicyclic) bond motifs is 1. The number of nitrogens with one attached hydrogen (secondary N) is 1. The Balaban J connectivity index is 1.47. The fourth-order valence-corrected chi connectivity index (χ4v) is 4.98. The first-order chi connectivity index (χ1) is 17.3. The van der Waals surface area contributed by atoms with Crippen molar-refractivity contribution in [2.75, 3.05) is 18.4 Å². The zero-order chi connectivity index (χ0) is 25.4. The summed E-state index contributed by atoms with van der Waals surface area (Å²) in [4.78, 5) is 36.6. The van der Waals surface area contributed by atoms with E-state index in [1.807, 2.05) is 38.2 Å². The zero-order valence-electron chi connectivity index (χ0n) is 20.6. The van der Waals surface area contributed by atoms with E-state index < -0.39 is 5.97 Å². The lowest BCUT2D eigenvalue weighted by molar-refractivity contribution is 0.0698. The maximum atomic E-state index is 13.4. The second-order valence-corrected chi connectivity index (χ2v) is 9.55. The SMILES string of the molecule is Cc1cc([C@@H](C)Nc2ccccc2C(=O)O)c2nc(C3CN(Cc4cccnc4)C3)n(C)c(=O)c2c1. The maximum Gasteiger partial charge on any atom is 0.337 e. The third kappa shape index (κ3) is 4.47. The fraction of sp³-hybridized carbons (Fsp3) is 0.286. The average molecular weight is 484 g/mol. The molecule has 1 saturated heterocycles. The number of hydrogen-bond acceptors (Lipinski definition) is 6. The van der Waals surface area contributed by atoms with Crippen LogP contribution >= 0.6 is 0 Å². The van der Waals surface area contributed by atoms with Crippen LogP contribution in [0, 0.1) is 6.92 Å². The van der Waals surface area contributed by atoms with Gasteiger partial charge in [0.1, 0.15) is 5.82 Å². The van der Waals surface area contributed by atoms with Gasteiger partial charge in [0.15, 0.2) is 0 Å². The maximum absolute atomic E-state index is 13.4. The Labute approximate surface area is 209 Å². The first-order valence-electron chi connectivity index (χ1n) is 12.0. The van der Waals surface area contributed by atoms with Crippen LogP contribution in [-0.2, 0) is 13.6 Å². The summed E-state index contributed by atoms with van der Waals surface area (Å²) >= 11 is 0. The number of aromatic nitrogens is 3. The number of benzene rings is 2. The third-order valence-corrected chi connectivity index (χ3v) is 6.84. The molecule has 0 unspecified atom stereocenters. The normalized spacial score (nSPS) is 15.0. The molecule has 0 radical (unpaired) electrons. The molecule has 0 spiro atoms. The number of anilines is 1. The molecule has 0 bridgehead atoms. The summed E-state index contributed by atoms with van der Waals surface area (Å²) in [5.74, 6) is -0.0541. The van der Waals surface area contributed by atoms with Crippen molar-refractivity contribution in [3.8, 4) is 0 Å². The number of carboxylic acid groups (broad SMARTS) is 1. The van der Waals surface area contributed by atoms with Crippen molar-refractivity contribution >= 4 is 22.6 Å². The lowest BCUT2D eigenvalue weighted by Gasteiger charge is -2.39. The lowest BCUT2D eigenvalue weighted by atomic mass is 9.96. The molecule has 2 aromatic heterocycles. The third-order valence-electron chi connectivity index (χ3n) is 6.84. The number of carboxylic acids is 1. The molecule has 0 saturated carbocycles. The number of nitrogens with zero attached hydrogens (tertiary/aromatic N) is 4. The molecule has 2 aromatic carbocycles. The minimum atomic E-state index is -0.991. The van der Waals surface area contributed by atoms with Gasteiger partial charge in [0.25, 0.3) is 5.56 Å². The molecule has 2 N–H and O–H groups in total. The topological polar surface area (TPSA) is 100 Å². The molecule has 3 heterocycles. The summed E-state index contributed by atoms with van der Waals surface area (Å²) in [7, 11) is 1.79. The van der Waals surface area contributed by atoms with E-state index >= 15 is 0 Å². The van der Waals surface area contributed by atoms with E-state index in [1.165, 1.54) is 0 Å². The number of rotatable bonds is 7. The van der Waals surface area contributed by atoms with Gasteiger partial charge in [-0.05, 0) is 49.2 Å². The summed E-state index contributed by atoms with van der Waals surface area (Å²) in [5.41, 5.74) is 4.32. The van der Waals surface area contributed by atoms with E-state index in [4.69, 9.17) is 4.98 Å². The molecule has 8 heteroatoms. The summed E-state index contributed by atoms with van der Waals surface area (Å²) < 4.78 is 1.68. The number of aromatic carboxylic acids is 1. The van der Waals surface area contributed by atoms with Gasteiger partial charge < -0.3 is 10.4 Å². The van der Waals surface area contributed by atoms with Gasteiger partial charge in [-0.15, -0.1) is 0 Å². The summed E-state index contributed by atoms with van der Waals surface area (Å²) in [6.45, 7) is 6.38. The molecule has 36 heavy (non-hydrogen) atoms. The van der Waals surface area contributed by atoms with Gasteiger partial charge >= 0.3 is 5.97 Å². The Kier molecular flexibility index (Phi) is 6.28. The zero-order valence-corrected chi connectivity index (χ0v) is 20.6. The Morgan fingerprint density at radius 3 is 2.69 bits per heavy atom. The number of aryl methyl sites for hydroxylation is 1. The second-order valence-electron chi connectivity index (χ2n) is 9.55. The Bertz CT molecular complexity index is 1490. The molecule has 1 aliphatic heterocycles. The molecule has 8 nitrogen and oxygen atoms in total. The number of para-hydroxylation sites is 1. The predicted octanol–water partition coefficient (Wildman–Crippen LogP) is 4.11. The van der Waals surface area contributed by atoms with E-state index in [1.54, 1.807) is 42.1 Å². The lowest BCUT2D eigenvalue weighted by Crippen LogP contribution is -2.46. The average Bonchev–Trinajstić information content (AvgIpc) is 2.84. The molecule has 184 valence electrons. The van der Waals surface area contributed by atoms with E-state index in [0.29, 0.717) is 16.6 Å². The van der Waals surface area contributed by atoms with Crippen LogP contribution in [0.5, 0.6) is 0 Å². The summed E-state index contributed by atoms with van der Waals surface area (Å²) in [6.07, 6.45) is 3.65. The van der Waals surface area contributed by atoms with Crippen molar-refractivity contribution in [3.05, 3.63) is 99.4 Å². The van der Waals surface area contributed by atoms with Crippen molar-refractivity contribution in [2.45, 2.75) is 32.4 Å². The number of likely N-dealkylation sites (tertiary alicyclic amines) is 1. The molecule has 1 atom stereocenters. The number of pyridine rings is 1. The van der Waals surface area contributed by atoms with Crippen LogP contribution in [0.15, 0.2) is 65.7 Å². The first kappa shape index (κ1) is 23.7. The molecule has 4 aromatic rings. The molecular formula is C28H29N5O3. The smallest absolute Gasteiger partial charge is 0.337 e. The molecule has 1 fully saturated rings. The highest BCUT2D eigenvalue weighted by Crippen LogP contribution is 2.31. The van der Waals surface area contributed by atoms with Crippen molar-refractivity contribution in [3.63, 3.8) is 0 Å². The van der Waals surface area contributed by atoms with Gasteiger partial charge in [0.2, 0.25) is 0 Å². The van der Waals surface area contributed by atoms with E-state index in [-0.39, 0.29) is 23.1 Å². The Morgan fingerprint density at radius 1 is 1.19 bits per heavy atom. The predicted molar refractivity (Wildman–Crippen MR) is 139 cm³/mol. The summed E-state index contributed by atoms with van der Waals surface area (Å²) in [5, 5.41) is 13.5. The number of hydrogen-bond donors (Lipinski definition) is 2. The van der Waals surface area contributed by atoms with Crippen molar-refractivity contribution in [1.82, 2.24) is 19.4 Å². The van der Waals surface area contributed by atoms with Crippen LogP contribution in [0.3, 0.4) is 0 Å². The van der Waals surface area contributed by atoms with Crippen molar-refractivity contribution in [2.24, 2.45) is 7.05 Å². The van der Waals surface area contributed by atoms with Crippen molar-refractivity contribution < 1.29 is 9.90 Å². The van der Waals surface area contributed by atoms with Crippen LogP contribution in [-0.4, -0.2) is 43.6 Å². The highest BCUT2D eigenvalue weighted by molar-refractivity contribution is 5.94. The molecule has 5 rings (SSSR count). The minimum Gasteiger partial charge on any atom is -0.478 e. The fourth-order valence-electron chi connectivity index (χ4n) is 4.98. The van der Waals surface area contributed by atoms with Gasteiger partial charge in [0, 0.05) is 56.2 Å². The molecule has 1 aliphatic rings. The van der Waals surface area contributed by atoms with Crippen LogP contribution in [0.2, 0.25) is 0 Å². The van der Waals surface area contributed by atoms with Gasteiger partial charge in [-0.25, -0.2) is 9.78 Å². The Morgan fingerprint density at radius 2 is 1.97 bits per heavy atom. The van der Waals surface area contributed by atoms with Gasteiger partial charge in [-0.2, -0.15) is 0 Å². The first-order valence-corrected chi connectivity index (χ1v) is 12.0. The Hall–Kier alpha value is -4.04. The van der Waals surface area contributed by atoms with Crippen LogP contribution < -0.4 is 10.9 Å². The van der Waals surface area contributed by atoms with E-state index in [2.05, 4.69) is 21.3 Å². The molecule has 0 aliphatic carbocycles. The van der Waals surface area contributed by atoms with Gasteiger partial charge in [0.05, 0.1) is 22.5 Å².